The van der Waals surface area contributed by atoms with E-state index in [1.807, 2.05) is 12.1 Å². The van der Waals surface area contributed by atoms with E-state index < -0.39 is 0 Å². The van der Waals surface area contributed by atoms with E-state index in [4.69, 9.17) is 11.6 Å². The summed E-state index contributed by atoms with van der Waals surface area (Å²) in [7, 11) is 2.19. The lowest BCUT2D eigenvalue weighted by molar-refractivity contribution is 0.0462. The Balaban J connectivity index is 1.50. The lowest BCUT2D eigenvalue weighted by Gasteiger charge is -2.48. The first-order valence-electron chi connectivity index (χ1n) is 8.62. The maximum Gasteiger partial charge on any atom is 0.147 e. The Bertz CT molecular complexity index is 733. The van der Waals surface area contributed by atoms with Gasteiger partial charge in [0.15, 0.2) is 0 Å². The Morgan fingerprint density at radius 1 is 1.21 bits per heavy atom. The normalized spacial score (nSPS) is 21.1. The van der Waals surface area contributed by atoms with Crippen molar-refractivity contribution in [2.45, 2.75) is 38.4 Å². The molecular formula is C18H24ClN5. The molecule has 6 heteroatoms. The van der Waals surface area contributed by atoms with E-state index in [9.17, 15) is 0 Å². The van der Waals surface area contributed by atoms with Crippen LogP contribution in [0, 0.1) is 6.92 Å². The third kappa shape index (κ3) is 2.85. The first kappa shape index (κ1) is 16.1. The zero-order valence-electron chi connectivity index (χ0n) is 14.4. The molecule has 1 spiro atoms. The highest BCUT2D eigenvalue weighted by Gasteiger charge is 2.42. The molecule has 5 nitrogen and oxygen atoms in total. The van der Waals surface area contributed by atoms with Gasteiger partial charge in [0.1, 0.15) is 11.6 Å². The summed E-state index contributed by atoms with van der Waals surface area (Å²) in [4.78, 5) is 4.92. The van der Waals surface area contributed by atoms with Gasteiger partial charge >= 0.3 is 0 Å². The summed E-state index contributed by atoms with van der Waals surface area (Å²) in [6.45, 7) is 7.23. The molecule has 0 aliphatic carbocycles. The Morgan fingerprint density at radius 3 is 2.75 bits per heavy atom. The van der Waals surface area contributed by atoms with Crippen LogP contribution in [0.3, 0.4) is 0 Å². The van der Waals surface area contributed by atoms with E-state index >= 15 is 0 Å². The van der Waals surface area contributed by atoms with Gasteiger partial charge in [0.25, 0.3) is 0 Å². The standard InChI is InChI=1S/C18H24ClN5/c1-14-20-21-17-12-22(2)13-18(24(14)17)6-8-23(9-7-18)11-15-4-3-5-16(19)10-15/h3-5,10H,6-9,11-13H2,1-2H3. The molecule has 128 valence electrons. The molecule has 1 aromatic heterocycles. The second-order valence-electron chi connectivity index (χ2n) is 7.30. The summed E-state index contributed by atoms with van der Waals surface area (Å²) in [6.07, 6.45) is 2.29. The van der Waals surface area contributed by atoms with Gasteiger partial charge < -0.3 is 4.57 Å². The van der Waals surface area contributed by atoms with Gasteiger partial charge in [-0.1, -0.05) is 23.7 Å². The van der Waals surface area contributed by atoms with Crippen molar-refractivity contribution in [3.63, 3.8) is 0 Å². The largest absolute Gasteiger partial charge is 0.306 e. The molecule has 0 radical (unpaired) electrons. The van der Waals surface area contributed by atoms with E-state index in [1.54, 1.807) is 0 Å². The number of piperidine rings is 1. The molecule has 0 saturated carbocycles. The van der Waals surface area contributed by atoms with Crippen LogP contribution in [-0.4, -0.2) is 51.2 Å². The van der Waals surface area contributed by atoms with Crippen LogP contribution in [0.25, 0.3) is 0 Å². The minimum absolute atomic E-state index is 0.154. The zero-order valence-corrected chi connectivity index (χ0v) is 15.1. The second kappa shape index (κ2) is 6.14. The summed E-state index contributed by atoms with van der Waals surface area (Å²) < 4.78 is 2.42. The van der Waals surface area contributed by atoms with Gasteiger partial charge in [-0.05, 0) is 44.5 Å². The smallest absolute Gasteiger partial charge is 0.147 e. The number of hydrogen-bond donors (Lipinski definition) is 0. The van der Waals surface area contributed by atoms with E-state index in [0.29, 0.717) is 0 Å². The molecule has 0 atom stereocenters. The van der Waals surface area contributed by atoms with Gasteiger partial charge in [-0.25, -0.2) is 0 Å². The molecular weight excluding hydrogens is 322 g/mol. The molecule has 1 fully saturated rings. The molecule has 0 amide bonds. The molecule has 2 aliphatic rings. The Kier molecular flexibility index (Phi) is 4.11. The first-order valence-corrected chi connectivity index (χ1v) is 9.00. The quantitative estimate of drug-likeness (QED) is 0.838. The third-order valence-corrected chi connectivity index (χ3v) is 5.66. The van der Waals surface area contributed by atoms with Crippen molar-refractivity contribution in [1.82, 2.24) is 24.6 Å². The monoisotopic (exact) mass is 345 g/mol. The number of halogens is 1. The van der Waals surface area contributed by atoms with Crippen molar-refractivity contribution in [2.75, 3.05) is 26.7 Å². The van der Waals surface area contributed by atoms with E-state index in [-0.39, 0.29) is 5.54 Å². The van der Waals surface area contributed by atoms with Gasteiger partial charge in [0, 0.05) is 31.2 Å². The van der Waals surface area contributed by atoms with Crippen molar-refractivity contribution in [1.29, 1.82) is 0 Å². The third-order valence-electron chi connectivity index (χ3n) is 5.42. The number of likely N-dealkylation sites (tertiary alicyclic amines) is 1. The fraction of sp³-hybridized carbons (Fsp3) is 0.556. The molecule has 0 N–H and O–H groups in total. The van der Waals surface area contributed by atoms with Gasteiger partial charge in [0.05, 0.1) is 12.1 Å². The maximum atomic E-state index is 6.12. The molecule has 24 heavy (non-hydrogen) atoms. The zero-order chi connectivity index (χ0) is 16.7. The summed E-state index contributed by atoms with van der Waals surface area (Å²) in [5.41, 5.74) is 1.45. The SMILES string of the molecule is Cc1nnc2n1C1(CCN(Cc3cccc(Cl)c3)CC1)CN(C)C2. The molecule has 3 heterocycles. The lowest BCUT2D eigenvalue weighted by atomic mass is 9.84. The summed E-state index contributed by atoms with van der Waals surface area (Å²) in [6, 6.07) is 8.20. The molecule has 1 saturated heterocycles. The fourth-order valence-electron chi connectivity index (χ4n) is 4.40. The van der Waals surface area contributed by atoms with Crippen LogP contribution < -0.4 is 0 Å². The molecule has 1 aromatic carbocycles. The molecule has 4 rings (SSSR count). The molecule has 2 aromatic rings. The van der Waals surface area contributed by atoms with Gasteiger partial charge in [-0.15, -0.1) is 10.2 Å². The lowest BCUT2D eigenvalue weighted by Crippen LogP contribution is -2.55. The van der Waals surface area contributed by atoms with E-state index in [2.05, 4.69) is 50.7 Å². The van der Waals surface area contributed by atoms with Crippen LogP contribution >= 0.6 is 11.6 Å². The van der Waals surface area contributed by atoms with Crippen molar-refractivity contribution in [2.24, 2.45) is 0 Å². The number of aromatic nitrogens is 3. The highest BCUT2D eigenvalue weighted by molar-refractivity contribution is 6.30. The van der Waals surface area contributed by atoms with Crippen LogP contribution in [0.2, 0.25) is 5.02 Å². The minimum atomic E-state index is 0.154. The Hall–Kier alpha value is -1.43. The molecule has 0 bridgehead atoms. The highest BCUT2D eigenvalue weighted by atomic mass is 35.5. The number of benzene rings is 1. The number of likely N-dealkylation sites (N-methyl/N-ethyl adjacent to an activating group) is 1. The second-order valence-corrected chi connectivity index (χ2v) is 7.74. The predicted molar refractivity (Wildman–Crippen MR) is 95.0 cm³/mol. The minimum Gasteiger partial charge on any atom is -0.306 e. The summed E-state index contributed by atoms with van der Waals surface area (Å²) >= 11 is 6.12. The van der Waals surface area contributed by atoms with E-state index in [0.717, 1.165) is 62.2 Å². The predicted octanol–water partition coefficient (Wildman–Crippen LogP) is 2.68. The number of hydrogen-bond acceptors (Lipinski definition) is 4. The number of fused-ring (bicyclic) bond motifs is 2. The van der Waals surface area contributed by atoms with Crippen LogP contribution in [0.5, 0.6) is 0 Å². The average molecular weight is 346 g/mol. The molecule has 2 aliphatic heterocycles. The Morgan fingerprint density at radius 2 is 2.00 bits per heavy atom. The Labute approximate surface area is 148 Å². The van der Waals surface area contributed by atoms with Crippen molar-refractivity contribution in [3.05, 3.63) is 46.5 Å². The van der Waals surface area contributed by atoms with Crippen molar-refractivity contribution < 1.29 is 0 Å². The van der Waals surface area contributed by atoms with E-state index in [1.165, 1.54) is 5.56 Å². The average Bonchev–Trinajstić information content (AvgIpc) is 2.91. The summed E-state index contributed by atoms with van der Waals surface area (Å²) in [5, 5.41) is 9.55. The van der Waals surface area contributed by atoms with Crippen molar-refractivity contribution in [3.8, 4) is 0 Å². The van der Waals surface area contributed by atoms with Crippen LogP contribution in [0.15, 0.2) is 24.3 Å². The number of rotatable bonds is 2. The van der Waals surface area contributed by atoms with Crippen molar-refractivity contribution >= 4 is 11.6 Å². The first-order chi connectivity index (χ1) is 11.6. The van der Waals surface area contributed by atoms with Gasteiger partial charge in [-0.2, -0.15) is 0 Å². The fourth-order valence-corrected chi connectivity index (χ4v) is 4.61. The number of nitrogens with zero attached hydrogens (tertiary/aromatic N) is 5. The van der Waals surface area contributed by atoms with Gasteiger partial charge in [0.2, 0.25) is 0 Å². The maximum absolute atomic E-state index is 6.12. The van der Waals surface area contributed by atoms with Gasteiger partial charge in [-0.3, -0.25) is 9.80 Å². The number of aryl methyl sites for hydroxylation is 1. The van der Waals surface area contributed by atoms with Crippen LogP contribution in [0.1, 0.15) is 30.1 Å². The topological polar surface area (TPSA) is 37.2 Å². The van der Waals surface area contributed by atoms with Crippen LogP contribution in [0.4, 0.5) is 0 Å². The van der Waals surface area contributed by atoms with Crippen LogP contribution in [-0.2, 0) is 18.6 Å². The highest BCUT2D eigenvalue weighted by Crippen LogP contribution is 2.36. The summed E-state index contributed by atoms with van der Waals surface area (Å²) in [5.74, 6) is 2.17. The molecule has 0 unspecified atom stereocenters.